The Hall–Kier alpha value is -3.99. The molecule has 0 spiro atoms. The van der Waals surface area contributed by atoms with Crippen LogP contribution in [0, 0.1) is 13.8 Å². The molecular formula is C23H22N6O4S. The van der Waals surface area contributed by atoms with Crippen molar-refractivity contribution in [2.45, 2.75) is 25.4 Å². The first-order valence-corrected chi connectivity index (χ1v) is 11.7. The SMILES string of the molecule is CSc1nn(CC(=O)Nc2cccc(C)c2C)c(N)c1-c1nc(-c2ccc3c(c2)OCO3)no1. The molecule has 4 aromatic rings. The van der Waals surface area contributed by atoms with Crippen molar-refractivity contribution in [2.75, 3.05) is 24.1 Å². The molecule has 0 radical (unpaired) electrons. The molecule has 174 valence electrons. The lowest BCUT2D eigenvalue weighted by atomic mass is 10.1. The summed E-state index contributed by atoms with van der Waals surface area (Å²) in [5.41, 5.74) is 10.4. The van der Waals surface area contributed by atoms with E-state index in [9.17, 15) is 4.79 Å². The molecule has 0 saturated heterocycles. The van der Waals surface area contributed by atoms with Crippen LogP contribution in [-0.2, 0) is 11.3 Å². The molecule has 0 bridgehead atoms. The number of ether oxygens (including phenoxy) is 2. The molecular weight excluding hydrogens is 456 g/mol. The fourth-order valence-corrected chi connectivity index (χ4v) is 4.18. The third-order valence-corrected chi connectivity index (χ3v) is 6.27. The van der Waals surface area contributed by atoms with Gasteiger partial charge in [-0.25, -0.2) is 4.68 Å². The van der Waals surface area contributed by atoms with Gasteiger partial charge < -0.3 is 25.0 Å². The number of amides is 1. The van der Waals surface area contributed by atoms with Gasteiger partial charge in [0.05, 0.1) is 0 Å². The summed E-state index contributed by atoms with van der Waals surface area (Å²) in [5.74, 6) is 1.91. The average molecular weight is 479 g/mol. The normalized spacial score (nSPS) is 12.2. The van der Waals surface area contributed by atoms with Crippen LogP contribution in [-0.4, -0.2) is 38.9 Å². The summed E-state index contributed by atoms with van der Waals surface area (Å²) in [6.45, 7) is 4.08. The third-order valence-electron chi connectivity index (χ3n) is 5.60. The van der Waals surface area contributed by atoms with Gasteiger partial charge in [0.15, 0.2) is 11.5 Å². The molecule has 0 atom stereocenters. The Morgan fingerprint density at radius 3 is 2.85 bits per heavy atom. The van der Waals surface area contributed by atoms with Crippen molar-refractivity contribution in [1.29, 1.82) is 0 Å². The number of anilines is 2. The molecule has 34 heavy (non-hydrogen) atoms. The number of hydrogen-bond acceptors (Lipinski definition) is 9. The van der Waals surface area contributed by atoms with E-state index in [1.807, 2.05) is 44.4 Å². The second kappa shape index (κ2) is 8.75. The maximum absolute atomic E-state index is 12.7. The second-order valence-corrected chi connectivity index (χ2v) is 8.51. The van der Waals surface area contributed by atoms with Crippen molar-refractivity contribution in [3.63, 3.8) is 0 Å². The highest BCUT2D eigenvalue weighted by molar-refractivity contribution is 7.98. The first-order valence-electron chi connectivity index (χ1n) is 10.4. The molecule has 2 aromatic carbocycles. The van der Waals surface area contributed by atoms with E-state index in [4.69, 9.17) is 19.7 Å². The number of nitrogens with one attached hydrogen (secondary N) is 1. The monoisotopic (exact) mass is 478 g/mol. The van der Waals surface area contributed by atoms with Gasteiger partial charge in [-0.15, -0.1) is 11.8 Å². The molecule has 3 N–H and O–H groups in total. The summed E-state index contributed by atoms with van der Waals surface area (Å²) in [6.07, 6.45) is 1.86. The minimum atomic E-state index is -0.242. The fraction of sp³-hybridized carbons (Fsp3) is 0.217. The van der Waals surface area contributed by atoms with Gasteiger partial charge >= 0.3 is 0 Å². The number of rotatable bonds is 6. The van der Waals surface area contributed by atoms with Gasteiger partial charge in [-0.05, 0) is 55.5 Å². The molecule has 0 fully saturated rings. The van der Waals surface area contributed by atoms with Gasteiger partial charge in [-0.1, -0.05) is 17.3 Å². The van der Waals surface area contributed by atoms with Crippen LogP contribution in [0.15, 0.2) is 45.9 Å². The van der Waals surface area contributed by atoms with E-state index in [2.05, 4.69) is 20.6 Å². The zero-order valence-electron chi connectivity index (χ0n) is 18.8. The standard InChI is InChI=1S/C23H22N6O4S/c1-12-5-4-6-15(13(12)2)25-18(30)10-29-20(24)19(23(27-29)34-3)22-26-21(28-33-22)14-7-8-16-17(9-14)32-11-31-16/h4-9H,10-11,24H2,1-3H3,(H,25,30). The van der Waals surface area contributed by atoms with Crippen molar-refractivity contribution < 1.29 is 18.8 Å². The van der Waals surface area contributed by atoms with E-state index in [0.29, 0.717) is 33.5 Å². The minimum Gasteiger partial charge on any atom is -0.454 e. The molecule has 1 aliphatic rings. The Morgan fingerprint density at radius 2 is 2.03 bits per heavy atom. The third kappa shape index (κ3) is 3.94. The smallest absolute Gasteiger partial charge is 0.264 e. The summed E-state index contributed by atoms with van der Waals surface area (Å²) in [6, 6.07) is 11.2. The highest BCUT2D eigenvalue weighted by Crippen LogP contribution is 2.37. The van der Waals surface area contributed by atoms with Crippen LogP contribution in [0.1, 0.15) is 11.1 Å². The van der Waals surface area contributed by atoms with Gasteiger partial charge in [0.2, 0.25) is 18.5 Å². The highest BCUT2D eigenvalue weighted by Gasteiger charge is 2.24. The molecule has 11 heteroatoms. The summed E-state index contributed by atoms with van der Waals surface area (Å²) < 4.78 is 17.7. The predicted octanol–water partition coefficient (Wildman–Crippen LogP) is 3.89. The topological polar surface area (TPSA) is 130 Å². The van der Waals surface area contributed by atoms with Gasteiger partial charge in [0.1, 0.15) is 23.0 Å². The molecule has 10 nitrogen and oxygen atoms in total. The quantitative estimate of drug-likeness (QED) is 0.396. The van der Waals surface area contributed by atoms with Crippen molar-refractivity contribution >= 4 is 29.2 Å². The van der Waals surface area contributed by atoms with Crippen LogP contribution < -0.4 is 20.5 Å². The Balaban J connectivity index is 1.40. The van der Waals surface area contributed by atoms with Gasteiger partial charge in [-0.3, -0.25) is 4.79 Å². The summed E-state index contributed by atoms with van der Waals surface area (Å²) in [4.78, 5) is 17.2. The highest BCUT2D eigenvalue weighted by atomic mass is 32.2. The van der Waals surface area contributed by atoms with E-state index in [1.54, 1.807) is 12.1 Å². The zero-order chi connectivity index (χ0) is 23.8. The van der Waals surface area contributed by atoms with Crippen LogP contribution in [0.2, 0.25) is 0 Å². The fourth-order valence-electron chi connectivity index (χ4n) is 3.61. The largest absolute Gasteiger partial charge is 0.454 e. The molecule has 2 aromatic heterocycles. The van der Waals surface area contributed by atoms with E-state index >= 15 is 0 Å². The van der Waals surface area contributed by atoms with Crippen LogP contribution in [0.4, 0.5) is 11.5 Å². The Morgan fingerprint density at radius 1 is 1.21 bits per heavy atom. The lowest BCUT2D eigenvalue weighted by Gasteiger charge is -2.11. The summed E-state index contributed by atoms with van der Waals surface area (Å²) >= 11 is 1.37. The van der Waals surface area contributed by atoms with Crippen LogP contribution in [0.5, 0.6) is 11.5 Å². The number of aromatic nitrogens is 4. The Bertz CT molecular complexity index is 1400. The van der Waals surface area contributed by atoms with Gasteiger partial charge in [-0.2, -0.15) is 10.1 Å². The first kappa shape index (κ1) is 21.8. The number of nitrogens with zero attached hydrogens (tertiary/aromatic N) is 4. The number of thioether (sulfide) groups is 1. The van der Waals surface area contributed by atoms with Gasteiger partial charge in [0.25, 0.3) is 5.89 Å². The van der Waals surface area contributed by atoms with Gasteiger partial charge in [0, 0.05) is 11.3 Å². The van der Waals surface area contributed by atoms with E-state index in [0.717, 1.165) is 16.8 Å². The maximum atomic E-state index is 12.7. The average Bonchev–Trinajstić information content (AvgIpc) is 3.55. The van der Waals surface area contributed by atoms with E-state index < -0.39 is 0 Å². The number of fused-ring (bicyclic) bond motifs is 1. The van der Waals surface area contributed by atoms with E-state index in [-0.39, 0.29) is 31.0 Å². The Kier molecular flexibility index (Phi) is 5.62. The number of nitrogen functional groups attached to an aromatic ring is 1. The second-order valence-electron chi connectivity index (χ2n) is 7.71. The van der Waals surface area contributed by atoms with Crippen LogP contribution >= 0.6 is 11.8 Å². The molecule has 0 unspecified atom stereocenters. The van der Waals surface area contributed by atoms with Crippen molar-refractivity contribution in [2.24, 2.45) is 0 Å². The number of nitrogens with two attached hydrogens (primary N) is 1. The number of carbonyl (C=O) groups excluding carboxylic acids is 1. The predicted molar refractivity (Wildman–Crippen MR) is 128 cm³/mol. The first-order chi connectivity index (χ1) is 16.4. The summed E-state index contributed by atoms with van der Waals surface area (Å²) in [7, 11) is 0. The molecule has 1 aliphatic heterocycles. The van der Waals surface area contributed by atoms with Crippen molar-refractivity contribution in [1.82, 2.24) is 19.9 Å². The van der Waals surface area contributed by atoms with Crippen molar-refractivity contribution in [3.05, 3.63) is 47.5 Å². The summed E-state index contributed by atoms with van der Waals surface area (Å²) in [5, 5.41) is 12.1. The zero-order valence-corrected chi connectivity index (χ0v) is 19.6. The van der Waals surface area contributed by atoms with Crippen LogP contribution in [0.25, 0.3) is 22.8 Å². The van der Waals surface area contributed by atoms with Crippen LogP contribution in [0.3, 0.4) is 0 Å². The molecule has 3 heterocycles. The maximum Gasteiger partial charge on any atom is 0.264 e. The minimum absolute atomic E-state index is 0.0596. The molecule has 1 amide bonds. The number of aryl methyl sites for hydroxylation is 1. The molecule has 5 rings (SSSR count). The lowest BCUT2D eigenvalue weighted by molar-refractivity contribution is -0.116. The number of carbonyl (C=O) groups is 1. The molecule has 0 aliphatic carbocycles. The van der Waals surface area contributed by atoms with E-state index in [1.165, 1.54) is 16.4 Å². The number of hydrogen-bond donors (Lipinski definition) is 2. The Labute approximate surface area is 199 Å². The van der Waals surface area contributed by atoms with Crippen molar-refractivity contribution in [3.8, 4) is 34.3 Å². The lowest BCUT2D eigenvalue weighted by Crippen LogP contribution is -2.21. The molecule has 0 saturated carbocycles. The number of benzene rings is 2.